The Hall–Kier alpha value is -1.74. The smallest absolute Gasteiger partial charge is 0.132 e. The van der Waals surface area contributed by atoms with Gasteiger partial charge in [0.1, 0.15) is 18.2 Å². The predicted octanol–water partition coefficient (Wildman–Crippen LogP) is 3.92. The molecule has 0 saturated carbocycles. The van der Waals surface area contributed by atoms with Gasteiger partial charge in [0.05, 0.1) is 10.7 Å². The van der Waals surface area contributed by atoms with Crippen LogP contribution in [-0.2, 0) is 13.0 Å². The van der Waals surface area contributed by atoms with Gasteiger partial charge in [-0.2, -0.15) is 0 Å². The molecule has 0 aliphatic heterocycles. The Morgan fingerprint density at radius 2 is 1.89 bits per heavy atom. The Morgan fingerprint density at radius 3 is 2.53 bits per heavy atom. The molecule has 1 aromatic carbocycles. The van der Waals surface area contributed by atoms with Crippen LogP contribution in [0.3, 0.4) is 0 Å². The summed E-state index contributed by atoms with van der Waals surface area (Å²) in [6, 6.07) is 11.7. The lowest BCUT2D eigenvalue weighted by Crippen LogP contribution is -2.02. The number of nitrogens with one attached hydrogen (secondary N) is 1. The zero-order chi connectivity index (χ0) is 13.7. The highest BCUT2D eigenvalue weighted by molar-refractivity contribution is 6.31. The normalized spacial score (nSPS) is 10.3. The molecular formula is C15H17ClN2O. The quantitative estimate of drug-likeness (QED) is 0.899. The highest BCUT2D eigenvalue weighted by atomic mass is 35.5. The van der Waals surface area contributed by atoms with Crippen LogP contribution in [-0.4, -0.2) is 12.0 Å². The molecule has 0 aliphatic carbocycles. The first-order chi connectivity index (χ1) is 9.22. The van der Waals surface area contributed by atoms with Gasteiger partial charge in [-0.3, -0.25) is 0 Å². The second-order valence-electron chi connectivity index (χ2n) is 4.16. The van der Waals surface area contributed by atoms with Gasteiger partial charge in [-0.15, -0.1) is 0 Å². The molecule has 4 heteroatoms. The van der Waals surface area contributed by atoms with Gasteiger partial charge in [0, 0.05) is 7.05 Å². The summed E-state index contributed by atoms with van der Waals surface area (Å²) in [5, 5.41) is 3.60. The van der Waals surface area contributed by atoms with Crippen LogP contribution in [0.4, 0.5) is 5.82 Å². The van der Waals surface area contributed by atoms with E-state index in [1.165, 1.54) is 5.56 Å². The monoisotopic (exact) mass is 276 g/mol. The maximum atomic E-state index is 6.10. The summed E-state index contributed by atoms with van der Waals surface area (Å²) in [5.74, 6) is 1.61. The Kier molecular flexibility index (Phi) is 4.63. The summed E-state index contributed by atoms with van der Waals surface area (Å²) in [6.45, 7) is 2.49. The molecule has 2 rings (SSSR count). The number of aromatic nitrogens is 1. The summed E-state index contributed by atoms with van der Waals surface area (Å²) in [5.41, 5.74) is 2.02. The van der Waals surface area contributed by atoms with Crippen LogP contribution in [0.15, 0.2) is 36.4 Å². The Balaban J connectivity index is 2.05. The van der Waals surface area contributed by atoms with E-state index in [2.05, 4.69) is 29.4 Å². The molecule has 0 fully saturated rings. The summed E-state index contributed by atoms with van der Waals surface area (Å²) < 4.78 is 5.70. The first-order valence-electron chi connectivity index (χ1n) is 6.28. The lowest BCUT2D eigenvalue weighted by molar-refractivity contribution is 0.301. The molecule has 1 N–H and O–H groups in total. The van der Waals surface area contributed by atoms with Crippen molar-refractivity contribution in [3.8, 4) is 5.75 Å². The lowest BCUT2D eigenvalue weighted by Gasteiger charge is -2.09. The number of nitrogens with zero attached hydrogens (tertiary/aromatic N) is 1. The molecule has 1 heterocycles. The number of benzene rings is 1. The van der Waals surface area contributed by atoms with E-state index >= 15 is 0 Å². The third-order valence-corrected chi connectivity index (χ3v) is 3.23. The average molecular weight is 277 g/mol. The SMILES string of the molecule is CCc1ccc(OCc2nc(NC)ccc2Cl)cc1. The summed E-state index contributed by atoms with van der Waals surface area (Å²) in [4.78, 5) is 4.37. The molecule has 100 valence electrons. The molecule has 0 atom stereocenters. The van der Waals surface area contributed by atoms with E-state index in [9.17, 15) is 0 Å². The van der Waals surface area contributed by atoms with E-state index in [0.29, 0.717) is 11.6 Å². The topological polar surface area (TPSA) is 34.1 Å². The number of hydrogen-bond acceptors (Lipinski definition) is 3. The van der Waals surface area contributed by atoms with Crippen molar-refractivity contribution in [3.63, 3.8) is 0 Å². The fourth-order valence-corrected chi connectivity index (χ4v) is 1.86. The second-order valence-corrected chi connectivity index (χ2v) is 4.57. The van der Waals surface area contributed by atoms with Crippen molar-refractivity contribution in [2.24, 2.45) is 0 Å². The third kappa shape index (κ3) is 3.61. The van der Waals surface area contributed by atoms with Crippen molar-refractivity contribution >= 4 is 17.4 Å². The number of hydrogen-bond donors (Lipinski definition) is 1. The molecule has 0 bridgehead atoms. The highest BCUT2D eigenvalue weighted by Gasteiger charge is 2.04. The predicted molar refractivity (Wildman–Crippen MR) is 78.9 cm³/mol. The number of anilines is 1. The first kappa shape index (κ1) is 13.7. The highest BCUT2D eigenvalue weighted by Crippen LogP contribution is 2.19. The van der Waals surface area contributed by atoms with Gasteiger partial charge in [-0.1, -0.05) is 30.7 Å². The minimum absolute atomic E-state index is 0.361. The Morgan fingerprint density at radius 1 is 1.16 bits per heavy atom. The van der Waals surface area contributed by atoms with Gasteiger partial charge >= 0.3 is 0 Å². The zero-order valence-electron chi connectivity index (χ0n) is 11.1. The van der Waals surface area contributed by atoms with Crippen molar-refractivity contribution in [3.05, 3.63) is 52.7 Å². The first-order valence-corrected chi connectivity index (χ1v) is 6.65. The largest absolute Gasteiger partial charge is 0.487 e. The average Bonchev–Trinajstić information content (AvgIpc) is 2.47. The van der Waals surface area contributed by atoms with Crippen LogP contribution >= 0.6 is 11.6 Å². The maximum absolute atomic E-state index is 6.10. The molecule has 2 aromatic rings. The molecule has 0 unspecified atom stereocenters. The summed E-state index contributed by atoms with van der Waals surface area (Å²) in [7, 11) is 1.82. The van der Waals surface area contributed by atoms with E-state index in [0.717, 1.165) is 23.7 Å². The molecular weight excluding hydrogens is 260 g/mol. The summed E-state index contributed by atoms with van der Waals surface area (Å²) >= 11 is 6.10. The standard InChI is InChI=1S/C15H17ClN2O/c1-3-11-4-6-12(7-5-11)19-10-14-13(16)8-9-15(17-2)18-14/h4-9H,3,10H2,1-2H3,(H,17,18). The summed E-state index contributed by atoms with van der Waals surface area (Å²) in [6.07, 6.45) is 1.03. The minimum atomic E-state index is 0.361. The van der Waals surface area contributed by atoms with E-state index in [1.54, 1.807) is 0 Å². The van der Waals surface area contributed by atoms with Gasteiger partial charge in [-0.05, 0) is 36.2 Å². The number of ether oxygens (including phenoxy) is 1. The number of pyridine rings is 1. The van der Waals surface area contributed by atoms with Crippen LogP contribution in [0.2, 0.25) is 5.02 Å². The number of halogens is 1. The Bertz CT molecular complexity index is 540. The molecule has 0 aliphatic rings. The van der Waals surface area contributed by atoms with E-state index < -0.39 is 0 Å². The molecule has 0 spiro atoms. The van der Waals surface area contributed by atoms with Gasteiger partial charge in [0.15, 0.2) is 0 Å². The lowest BCUT2D eigenvalue weighted by atomic mass is 10.2. The van der Waals surface area contributed by atoms with Gasteiger partial charge < -0.3 is 10.1 Å². The molecule has 0 radical (unpaired) electrons. The van der Waals surface area contributed by atoms with Gasteiger partial charge in [-0.25, -0.2) is 4.98 Å². The molecule has 0 saturated heterocycles. The van der Waals surface area contributed by atoms with Gasteiger partial charge in [0.2, 0.25) is 0 Å². The number of aryl methyl sites for hydroxylation is 1. The second kappa shape index (κ2) is 6.43. The zero-order valence-corrected chi connectivity index (χ0v) is 11.9. The maximum Gasteiger partial charge on any atom is 0.132 e. The molecule has 0 amide bonds. The van der Waals surface area contributed by atoms with Crippen molar-refractivity contribution in [1.82, 2.24) is 4.98 Å². The van der Waals surface area contributed by atoms with E-state index in [1.807, 2.05) is 31.3 Å². The van der Waals surface area contributed by atoms with Crippen molar-refractivity contribution in [2.45, 2.75) is 20.0 Å². The van der Waals surface area contributed by atoms with Crippen molar-refractivity contribution < 1.29 is 4.74 Å². The van der Waals surface area contributed by atoms with Crippen LogP contribution in [0, 0.1) is 0 Å². The van der Waals surface area contributed by atoms with E-state index in [4.69, 9.17) is 16.3 Å². The molecule has 1 aromatic heterocycles. The molecule has 19 heavy (non-hydrogen) atoms. The van der Waals surface area contributed by atoms with Crippen LogP contribution < -0.4 is 10.1 Å². The minimum Gasteiger partial charge on any atom is -0.487 e. The van der Waals surface area contributed by atoms with Crippen molar-refractivity contribution in [1.29, 1.82) is 0 Å². The van der Waals surface area contributed by atoms with Crippen LogP contribution in [0.5, 0.6) is 5.75 Å². The fourth-order valence-electron chi connectivity index (χ4n) is 1.70. The third-order valence-electron chi connectivity index (χ3n) is 2.88. The van der Waals surface area contributed by atoms with Crippen molar-refractivity contribution in [2.75, 3.05) is 12.4 Å². The van der Waals surface area contributed by atoms with E-state index in [-0.39, 0.29) is 0 Å². The fraction of sp³-hybridized carbons (Fsp3) is 0.267. The van der Waals surface area contributed by atoms with Crippen LogP contribution in [0.25, 0.3) is 0 Å². The van der Waals surface area contributed by atoms with Gasteiger partial charge in [0.25, 0.3) is 0 Å². The molecule has 3 nitrogen and oxygen atoms in total. The Labute approximate surface area is 118 Å². The van der Waals surface area contributed by atoms with Crippen LogP contribution in [0.1, 0.15) is 18.2 Å². The number of rotatable bonds is 5.